The molecule has 11 heteroatoms. The van der Waals surface area contributed by atoms with Gasteiger partial charge in [0.05, 0.1) is 16.7 Å². The van der Waals surface area contributed by atoms with Gasteiger partial charge in [0.25, 0.3) is 11.7 Å². The smallest absolute Gasteiger partial charge is 0.292 e. The average Bonchev–Trinajstić information content (AvgIpc) is 3.45. The molecule has 1 aromatic carbocycles. The molecule has 0 saturated heterocycles. The number of carbonyl (C=O) groups is 2. The van der Waals surface area contributed by atoms with Crippen molar-refractivity contribution in [1.29, 1.82) is 0 Å². The van der Waals surface area contributed by atoms with Crippen molar-refractivity contribution in [3.63, 3.8) is 0 Å². The first-order valence-electron chi connectivity index (χ1n) is 11.9. The third kappa shape index (κ3) is 4.77. The van der Waals surface area contributed by atoms with Gasteiger partial charge in [0.1, 0.15) is 5.67 Å². The van der Waals surface area contributed by atoms with Gasteiger partial charge in [0, 0.05) is 46.9 Å². The highest BCUT2D eigenvalue weighted by molar-refractivity contribution is 7.89. The number of H-pyrrole nitrogens is 1. The maximum Gasteiger partial charge on any atom is 0.292 e. The number of sulfonamides is 1. The quantitative estimate of drug-likeness (QED) is 0.313. The molecule has 3 N–H and O–H groups in total. The Balaban J connectivity index is 1.50. The molecule has 9 nitrogen and oxygen atoms in total. The van der Waals surface area contributed by atoms with Crippen molar-refractivity contribution < 1.29 is 22.4 Å². The van der Waals surface area contributed by atoms with Crippen molar-refractivity contribution in [3.05, 3.63) is 52.6 Å². The number of carbonyl (C=O) groups excluding carboxylic acids is 2. The number of fused-ring (bicyclic) bond motifs is 2. The number of halogens is 1. The first-order valence-corrected chi connectivity index (χ1v) is 13.4. The number of benzene rings is 1. The number of aryl methyl sites for hydroxylation is 1. The molecule has 1 saturated carbocycles. The van der Waals surface area contributed by atoms with Crippen molar-refractivity contribution in [3.8, 4) is 0 Å². The highest BCUT2D eigenvalue weighted by atomic mass is 32.2. The Morgan fingerprint density at radius 2 is 1.94 bits per heavy atom. The molecule has 2 heterocycles. The number of nitrogens with one attached hydrogen (secondary N) is 3. The molecular weight excluding hydrogens is 485 g/mol. The van der Waals surface area contributed by atoms with E-state index in [2.05, 4.69) is 25.2 Å². The molecule has 0 spiro atoms. The van der Waals surface area contributed by atoms with Crippen LogP contribution >= 0.6 is 0 Å². The van der Waals surface area contributed by atoms with E-state index in [-0.39, 0.29) is 23.4 Å². The fourth-order valence-electron chi connectivity index (χ4n) is 4.67. The number of alkyl halides is 1. The highest BCUT2D eigenvalue weighted by Gasteiger charge is 2.35. The van der Waals surface area contributed by atoms with Gasteiger partial charge in [-0.3, -0.25) is 19.7 Å². The summed E-state index contributed by atoms with van der Waals surface area (Å²) < 4.78 is 43.7. The molecule has 2 aliphatic rings. The fraction of sp³-hybridized carbons (Fsp3) is 0.440. The molecule has 1 fully saturated rings. The molecule has 5 rings (SSSR count). The summed E-state index contributed by atoms with van der Waals surface area (Å²) in [6, 6.07) is 3.24. The molecule has 2 aliphatic carbocycles. The van der Waals surface area contributed by atoms with Crippen LogP contribution in [0, 0.1) is 6.92 Å². The Morgan fingerprint density at radius 1 is 1.19 bits per heavy atom. The molecular formula is C25H28FN5O4S. The Kier molecular flexibility index (Phi) is 5.95. The lowest BCUT2D eigenvalue weighted by atomic mass is 10.0. The number of hydrogen-bond acceptors (Lipinski definition) is 6. The average molecular weight is 514 g/mol. The first kappa shape index (κ1) is 24.5. The summed E-state index contributed by atoms with van der Waals surface area (Å²) in [5.41, 5.74) is 1.11. The summed E-state index contributed by atoms with van der Waals surface area (Å²) in [6.45, 7) is 3.89. The van der Waals surface area contributed by atoms with Crippen LogP contribution < -0.4 is 10.0 Å². The Hall–Kier alpha value is -3.18. The number of hydrogen-bond donors (Lipinski definition) is 3. The van der Waals surface area contributed by atoms with E-state index in [0.717, 1.165) is 24.1 Å². The minimum atomic E-state index is -4.09. The summed E-state index contributed by atoms with van der Waals surface area (Å²) in [5.74, 6) is -1.16. The number of aromatic nitrogens is 3. The van der Waals surface area contributed by atoms with E-state index in [1.165, 1.54) is 20.0 Å². The summed E-state index contributed by atoms with van der Waals surface area (Å²) >= 11 is 0. The fourth-order valence-corrected chi connectivity index (χ4v) is 6.35. The highest BCUT2D eigenvalue weighted by Crippen LogP contribution is 2.42. The predicted octanol–water partition coefficient (Wildman–Crippen LogP) is 2.64. The van der Waals surface area contributed by atoms with Crippen molar-refractivity contribution in [2.45, 2.75) is 69.0 Å². The monoisotopic (exact) mass is 513 g/mol. The normalized spacial score (nSPS) is 17.8. The van der Waals surface area contributed by atoms with Gasteiger partial charge in [-0.05, 0) is 69.7 Å². The molecule has 0 aliphatic heterocycles. The van der Waals surface area contributed by atoms with Gasteiger partial charge < -0.3 is 5.32 Å². The molecule has 3 aromatic rings. The molecule has 0 bridgehead atoms. The van der Waals surface area contributed by atoms with Crippen LogP contribution in [0.2, 0.25) is 0 Å². The number of Topliss-reactive ketones (excluding diaryl/α,β-unsaturated/α-hetero) is 1. The molecule has 2 aromatic heterocycles. The van der Waals surface area contributed by atoms with Crippen LogP contribution in [0.5, 0.6) is 0 Å². The van der Waals surface area contributed by atoms with Gasteiger partial charge in [-0.25, -0.2) is 17.5 Å². The van der Waals surface area contributed by atoms with Crippen LogP contribution in [0.1, 0.15) is 65.5 Å². The number of pyridine rings is 1. The van der Waals surface area contributed by atoms with E-state index < -0.39 is 33.4 Å². The maximum absolute atomic E-state index is 14.2. The maximum atomic E-state index is 14.2. The second-order valence-corrected chi connectivity index (χ2v) is 12.0. The minimum Gasteiger partial charge on any atom is -0.346 e. The molecule has 36 heavy (non-hydrogen) atoms. The SMILES string of the molecule is Cc1[nH]ncc1C(=O)C(=O)N[C@@H]1Cc2cc3cnc(C4CC4)cc3c(S(=O)(=O)NCC(C)(C)F)c2C1. The number of amides is 1. The van der Waals surface area contributed by atoms with E-state index >= 15 is 0 Å². The first-order chi connectivity index (χ1) is 16.9. The van der Waals surface area contributed by atoms with E-state index in [1.54, 1.807) is 13.1 Å². The lowest BCUT2D eigenvalue weighted by molar-refractivity contribution is -0.117. The lowest BCUT2D eigenvalue weighted by Gasteiger charge is -2.18. The van der Waals surface area contributed by atoms with E-state index in [4.69, 9.17) is 0 Å². The largest absolute Gasteiger partial charge is 0.346 e. The van der Waals surface area contributed by atoms with Gasteiger partial charge in [0.15, 0.2) is 0 Å². The predicted molar refractivity (Wildman–Crippen MR) is 131 cm³/mol. The number of aromatic amines is 1. The van der Waals surface area contributed by atoms with Crippen LogP contribution in [-0.2, 0) is 27.7 Å². The van der Waals surface area contributed by atoms with Crippen LogP contribution in [0.15, 0.2) is 29.4 Å². The summed E-state index contributed by atoms with van der Waals surface area (Å²) in [5, 5.41) is 10.4. The number of ketones is 1. The molecule has 1 amide bonds. The van der Waals surface area contributed by atoms with Gasteiger partial charge in [-0.2, -0.15) is 5.10 Å². The van der Waals surface area contributed by atoms with E-state index in [0.29, 0.717) is 34.4 Å². The third-order valence-corrected chi connectivity index (χ3v) is 8.20. The second-order valence-electron chi connectivity index (χ2n) is 10.3. The van der Waals surface area contributed by atoms with Gasteiger partial charge in [-0.1, -0.05) is 0 Å². The van der Waals surface area contributed by atoms with Gasteiger partial charge >= 0.3 is 0 Å². The lowest BCUT2D eigenvalue weighted by Crippen LogP contribution is -2.40. The Labute approximate surface area is 208 Å². The third-order valence-electron chi connectivity index (χ3n) is 6.67. The standard InChI is InChI=1S/C25H28FN5O4S/c1-13-20(11-28-31-13)22(32)24(33)30-17-7-15-6-16-10-27-21(14-4-5-14)9-19(16)23(18(15)8-17)36(34,35)29-12-25(2,3)26/h6,9-11,14,17,29H,4-5,7-8,12H2,1-3H3,(H,28,31)(H,30,33)/t17-/m1/s1. The topological polar surface area (TPSA) is 134 Å². The zero-order valence-corrected chi connectivity index (χ0v) is 21.1. The summed E-state index contributed by atoms with van der Waals surface area (Å²) in [6.07, 6.45) is 5.59. The van der Waals surface area contributed by atoms with Crippen LogP contribution in [0.4, 0.5) is 4.39 Å². The second kappa shape index (κ2) is 8.74. The van der Waals surface area contributed by atoms with Crippen LogP contribution in [-0.4, -0.2) is 53.5 Å². The molecule has 0 unspecified atom stereocenters. The summed E-state index contributed by atoms with van der Waals surface area (Å²) in [7, 11) is -4.09. The van der Waals surface area contributed by atoms with Gasteiger partial charge in [-0.15, -0.1) is 0 Å². The Morgan fingerprint density at radius 3 is 2.58 bits per heavy atom. The van der Waals surface area contributed by atoms with Crippen LogP contribution in [0.3, 0.4) is 0 Å². The molecule has 0 radical (unpaired) electrons. The van der Waals surface area contributed by atoms with Gasteiger partial charge in [0.2, 0.25) is 10.0 Å². The number of nitrogens with zero attached hydrogens (tertiary/aromatic N) is 2. The van der Waals surface area contributed by atoms with Crippen LogP contribution in [0.25, 0.3) is 10.8 Å². The van der Waals surface area contributed by atoms with Crippen molar-refractivity contribution >= 4 is 32.5 Å². The van der Waals surface area contributed by atoms with Crippen molar-refractivity contribution in [2.24, 2.45) is 0 Å². The Bertz CT molecular complexity index is 1490. The molecule has 1 atom stereocenters. The zero-order valence-electron chi connectivity index (χ0n) is 20.3. The number of rotatable bonds is 8. The molecule has 190 valence electrons. The van der Waals surface area contributed by atoms with E-state index in [1.807, 2.05) is 12.1 Å². The van der Waals surface area contributed by atoms with E-state index in [9.17, 15) is 22.4 Å². The summed E-state index contributed by atoms with van der Waals surface area (Å²) in [4.78, 5) is 29.9. The van der Waals surface area contributed by atoms with Crippen molar-refractivity contribution in [1.82, 2.24) is 25.2 Å². The van der Waals surface area contributed by atoms with Crippen molar-refractivity contribution in [2.75, 3.05) is 6.54 Å². The minimum absolute atomic E-state index is 0.0947. The zero-order chi connectivity index (χ0) is 25.8.